The van der Waals surface area contributed by atoms with E-state index in [9.17, 15) is 18.0 Å². The molecule has 0 unspecified atom stereocenters. The second-order valence-electron chi connectivity index (χ2n) is 2.46. The maximum atomic E-state index is 13.0. The molecule has 0 fully saturated rings. The van der Waals surface area contributed by atoms with Crippen molar-refractivity contribution < 1.29 is 18.0 Å². The lowest BCUT2D eigenvalue weighted by Crippen LogP contribution is -2.03. The monoisotopic (exact) mass is 267 g/mol. The zero-order chi connectivity index (χ0) is 10.7. The fourth-order valence-electron chi connectivity index (χ4n) is 0.996. The van der Waals surface area contributed by atoms with E-state index in [2.05, 4.69) is 20.9 Å². The average Bonchev–Trinajstić information content (AvgIpc) is 2.15. The summed E-state index contributed by atoms with van der Waals surface area (Å²) >= 11 is 2.93. The average molecular weight is 268 g/mol. The molecule has 0 spiro atoms. The molecule has 0 aliphatic heterocycles. The lowest BCUT2D eigenvalue weighted by atomic mass is 10.1. The van der Waals surface area contributed by atoms with E-state index in [0.29, 0.717) is 6.29 Å². The van der Waals surface area contributed by atoms with Gasteiger partial charge >= 0.3 is 0 Å². The summed E-state index contributed by atoms with van der Waals surface area (Å²) in [6.07, 6.45) is -2.62. The Kier molecular flexibility index (Phi) is 3.62. The third kappa shape index (κ3) is 2.12. The van der Waals surface area contributed by atoms with E-state index in [4.69, 9.17) is 0 Å². The summed E-state index contributed by atoms with van der Waals surface area (Å²) < 4.78 is 37.6. The lowest BCUT2D eigenvalue weighted by Gasteiger charge is -2.07. The van der Waals surface area contributed by atoms with Gasteiger partial charge in [0, 0.05) is 5.33 Å². The van der Waals surface area contributed by atoms with Gasteiger partial charge in [0.15, 0.2) is 6.29 Å². The van der Waals surface area contributed by atoms with Crippen molar-refractivity contribution in [2.24, 2.45) is 0 Å². The fraction of sp³-hybridized carbons (Fsp3) is 0.250. The number of aromatic nitrogens is 1. The molecule has 0 radical (unpaired) electrons. The van der Waals surface area contributed by atoms with Crippen LogP contribution in [0.25, 0.3) is 0 Å². The van der Waals surface area contributed by atoms with E-state index < -0.39 is 17.9 Å². The highest BCUT2D eigenvalue weighted by atomic mass is 79.9. The Balaban J connectivity index is 3.34. The van der Waals surface area contributed by atoms with Crippen LogP contribution in [0.3, 0.4) is 0 Å². The molecule has 1 aromatic rings. The predicted molar refractivity (Wildman–Crippen MR) is 47.2 cm³/mol. The minimum atomic E-state index is -2.93. The Morgan fingerprint density at radius 3 is 2.64 bits per heavy atom. The number of alkyl halides is 3. The van der Waals surface area contributed by atoms with Crippen molar-refractivity contribution in [2.75, 3.05) is 0 Å². The molecule has 1 aromatic heterocycles. The number of hydrogen-bond donors (Lipinski definition) is 0. The normalized spacial score (nSPS) is 10.6. The summed E-state index contributed by atoms with van der Waals surface area (Å²) in [5.74, 6) is -1.29. The van der Waals surface area contributed by atoms with Crippen molar-refractivity contribution in [1.82, 2.24) is 4.98 Å². The Labute approximate surface area is 86.3 Å². The molecule has 0 bridgehead atoms. The molecule has 0 saturated carbocycles. The molecular formula is C8H5BrF3NO. The van der Waals surface area contributed by atoms with Crippen molar-refractivity contribution in [3.05, 3.63) is 28.8 Å². The minimum absolute atomic E-state index is 0.0367. The standard InChI is InChI=1S/C8H5BrF3NO/c9-2-4-1-5(3-14)13-8(12)6(4)7(10)11/h1,3,7H,2H2. The summed E-state index contributed by atoms with van der Waals surface area (Å²) in [5, 5.41) is 0.0486. The van der Waals surface area contributed by atoms with Gasteiger partial charge in [0.2, 0.25) is 5.95 Å². The largest absolute Gasteiger partial charge is 0.296 e. The van der Waals surface area contributed by atoms with E-state index >= 15 is 0 Å². The smallest absolute Gasteiger partial charge is 0.268 e. The van der Waals surface area contributed by atoms with Crippen molar-refractivity contribution in [3.8, 4) is 0 Å². The molecule has 0 aliphatic rings. The quantitative estimate of drug-likeness (QED) is 0.479. The van der Waals surface area contributed by atoms with Crippen LogP contribution in [0.15, 0.2) is 6.07 Å². The van der Waals surface area contributed by atoms with Gasteiger partial charge in [-0.05, 0) is 11.6 Å². The molecule has 6 heteroatoms. The van der Waals surface area contributed by atoms with Crippen molar-refractivity contribution >= 4 is 22.2 Å². The second-order valence-corrected chi connectivity index (χ2v) is 3.02. The van der Waals surface area contributed by atoms with Crippen molar-refractivity contribution in [2.45, 2.75) is 11.8 Å². The Bertz CT molecular complexity index is 357. The SMILES string of the molecule is O=Cc1cc(CBr)c(C(F)F)c(F)n1. The molecule has 14 heavy (non-hydrogen) atoms. The summed E-state index contributed by atoms with van der Waals surface area (Å²) in [6, 6.07) is 1.13. The van der Waals surface area contributed by atoms with Gasteiger partial charge in [0.25, 0.3) is 6.43 Å². The topological polar surface area (TPSA) is 30.0 Å². The summed E-state index contributed by atoms with van der Waals surface area (Å²) in [6.45, 7) is 0. The molecule has 1 rings (SSSR count). The first-order valence-corrected chi connectivity index (χ1v) is 4.71. The Morgan fingerprint density at radius 2 is 2.21 bits per heavy atom. The van der Waals surface area contributed by atoms with Crippen LogP contribution in [-0.2, 0) is 5.33 Å². The van der Waals surface area contributed by atoms with E-state index in [1.165, 1.54) is 0 Å². The summed E-state index contributed by atoms with van der Waals surface area (Å²) in [7, 11) is 0. The molecule has 0 N–H and O–H groups in total. The first-order chi connectivity index (χ1) is 6.60. The number of nitrogens with zero attached hydrogens (tertiary/aromatic N) is 1. The number of hydrogen-bond acceptors (Lipinski definition) is 2. The summed E-state index contributed by atoms with van der Waals surface area (Å²) in [5.41, 5.74) is -0.913. The minimum Gasteiger partial charge on any atom is -0.296 e. The van der Waals surface area contributed by atoms with Crippen LogP contribution in [0.4, 0.5) is 13.2 Å². The third-order valence-electron chi connectivity index (χ3n) is 1.60. The third-order valence-corrected chi connectivity index (χ3v) is 2.20. The molecule has 2 nitrogen and oxygen atoms in total. The second kappa shape index (κ2) is 4.54. The Hall–Kier alpha value is -0.910. The molecule has 1 heterocycles. The highest BCUT2D eigenvalue weighted by Crippen LogP contribution is 2.26. The number of carbonyl (C=O) groups excluding carboxylic acids is 1. The lowest BCUT2D eigenvalue weighted by molar-refractivity contribution is 0.111. The van der Waals surface area contributed by atoms with Crippen LogP contribution in [0.5, 0.6) is 0 Å². The molecular weight excluding hydrogens is 263 g/mol. The first-order valence-electron chi connectivity index (χ1n) is 3.58. The van der Waals surface area contributed by atoms with Crippen LogP contribution in [-0.4, -0.2) is 11.3 Å². The van der Waals surface area contributed by atoms with Gasteiger partial charge in [-0.15, -0.1) is 0 Å². The maximum absolute atomic E-state index is 13.0. The van der Waals surface area contributed by atoms with Gasteiger partial charge in [-0.3, -0.25) is 4.79 Å². The molecule has 76 valence electrons. The van der Waals surface area contributed by atoms with Gasteiger partial charge in [-0.2, -0.15) is 4.39 Å². The molecule has 0 aromatic carbocycles. The highest BCUT2D eigenvalue weighted by molar-refractivity contribution is 9.08. The zero-order valence-electron chi connectivity index (χ0n) is 6.81. The maximum Gasteiger partial charge on any atom is 0.268 e. The van der Waals surface area contributed by atoms with Gasteiger partial charge in [0.05, 0.1) is 5.56 Å². The van der Waals surface area contributed by atoms with E-state index in [1.807, 2.05) is 0 Å². The van der Waals surface area contributed by atoms with Crippen LogP contribution >= 0.6 is 15.9 Å². The molecule has 0 aliphatic carbocycles. The zero-order valence-corrected chi connectivity index (χ0v) is 8.39. The van der Waals surface area contributed by atoms with E-state index in [1.54, 1.807) is 0 Å². The van der Waals surface area contributed by atoms with Crippen LogP contribution in [0.2, 0.25) is 0 Å². The number of carbonyl (C=O) groups is 1. The van der Waals surface area contributed by atoms with Crippen molar-refractivity contribution in [1.29, 1.82) is 0 Å². The molecule has 0 amide bonds. The number of aldehydes is 1. The fourth-order valence-corrected chi connectivity index (χ4v) is 1.46. The molecule has 0 atom stereocenters. The van der Waals surface area contributed by atoms with Crippen LogP contribution in [0.1, 0.15) is 28.0 Å². The van der Waals surface area contributed by atoms with Crippen molar-refractivity contribution in [3.63, 3.8) is 0 Å². The van der Waals surface area contributed by atoms with Gasteiger partial charge in [-0.25, -0.2) is 13.8 Å². The van der Waals surface area contributed by atoms with Gasteiger partial charge in [-0.1, -0.05) is 15.9 Å². The van der Waals surface area contributed by atoms with Crippen LogP contribution in [0, 0.1) is 5.95 Å². The predicted octanol–water partition coefficient (Wildman–Crippen LogP) is 2.87. The number of rotatable bonds is 3. The van der Waals surface area contributed by atoms with Gasteiger partial charge in [0.1, 0.15) is 5.69 Å². The molecule has 0 saturated heterocycles. The first kappa shape index (κ1) is 11.2. The highest BCUT2D eigenvalue weighted by Gasteiger charge is 2.20. The summed E-state index contributed by atoms with van der Waals surface area (Å²) in [4.78, 5) is 13.4. The van der Waals surface area contributed by atoms with E-state index in [-0.39, 0.29) is 16.6 Å². The Morgan fingerprint density at radius 1 is 1.57 bits per heavy atom. The number of pyridine rings is 1. The van der Waals surface area contributed by atoms with E-state index in [0.717, 1.165) is 6.07 Å². The van der Waals surface area contributed by atoms with Gasteiger partial charge < -0.3 is 0 Å². The van der Waals surface area contributed by atoms with Crippen LogP contribution < -0.4 is 0 Å². The number of halogens is 4.